The number of thiazole rings is 1. The Labute approximate surface area is 186 Å². The zero-order chi connectivity index (χ0) is 23.2. The summed E-state index contributed by atoms with van der Waals surface area (Å²) in [5, 5.41) is 8.53. The summed E-state index contributed by atoms with van der Waals surface area (Å²) >= 11 is 1.47. The Morgan fingerprint density at radius 2 is 1.71 bits per heavy atom. The Morgan fingerprint density at radius 1 is 1.06 bits per heavy atom. The van der Waals surface area contributed by atoms with Crippen molar-refractivity contribution in [3.05, 3.63) is 40.9 Å². The summed E-state index contributed by atoms with van der Waals surface area (Å²) in [5.74, 6) is -0.551. The number of rotatable bonds is 7. The number of amides is 3. The highest BCUT2D eigenvalue weighted by atomic mass is 32.1. The molecule has 0 aliphatic carbocycles. The molecule has 1 heterocycles. The summed E-state index contributed by atoms with van der Waals surface area (Å²) in [6.07, 6.45) is 1.13. The van der Waals surface area contributed by atoms with Crippen molar-refractivity contribution in [1.82, 2.24) is 10.3 Å². The molecule has 0 bridgehead atoms. The van der Waals surface area contributed by atoms with E-state index in [-0.39, 0.29) is 24.3 Å². The third-order valence-corrected chi connectivity index (χ3v) is 5.42. The zero-order valence-electron chi connectivity index (χ0n) is 18.7. The van der Waals surface area contributed by atoms with Crippen molar-refractivity contribution in [3.8, 4) is 0 Å². The first-order chi connectivity index (χ1) is 14.4. The van der Waals surface area contributed by atoms with Gasteiger partial charge in [-0.2, -0.15) is 0 Å². The fourth-order valence-corrected chi connectivity index (χ4v) is 3.32. The van der Waals surface area contributed by atoms with Crippen molar-refractivity contribution in [1.29, 1.82) is 0 Å². The minimum atomic E-state index is -0.654. The van der Waals surface area contributed by atoms with Crippen molar-refractivity contribution in [3.63, 3.8) is 0 Å². The molecule has 0 aliphatic rings. The molecule has 9 heteroatoms. The number of ether oxygens (including phenoxy) is 1. The van der Waals surface area contributed by atoms with E-state index < -0.39 is 11.7 Å². The number of carbonyl (C=O) groups excluding carboxylic acids is 3. The highest BCUT2D eigenvalue weighted by molar-refractivity contribution is 7.15. The average molecular weight is 447 g/mol. The quantitative estimate of drug-likeness (QED) is 0.581. The summed E-state index contributed by atoms with van der Waals surface area (Å²) in [6, 6.07) is 6.99. The van der Waals surface area contributed by atoms with Gasteiger partial charge in [0.05, 0.1) is 5.92 Å². The van der Waals surface area contributed by atoms with E-state index >= 15 is 0 Å². The number of nitrogens with zero attached hydrogens (tertiary/aromatic N) is 1. The lowest BCUT2D eigenvalue weighted by molar-refractivity contribution is -0.117. The van der Waals surface area contributed by atoms with E-state index in [9.17, 15) is 14.4 Å². The molecule has 0 unspecified atom stereocenters. The van der Waals surface area contributed by atoms with E-state index in [1.165, 1.54) is 11.3 Å². The SMILES string of the molecule is CC(C)c1cnc(NC(=O)[C@H](C)c2ccc(NC(=O)CNC(=O)OC(C)(C)C)cc2)s1. The van der Waals surface area contributed by atoms with E-state index in [0.29, 0.717) is 16.7 Å². The van der Waals surface area contributed by atoms with Gasteiger partial charge in [0.15, 0.2) is 5.13 Å². The molecule has 1 aromatic carbocycles. The summed E-state index contributed by atoms with van der Waals surface area (Å²) in [6.45, 7) is 11.0. The maximum absolute atomic E-state index is 12.5. The number of hydrogen-bond donors (Lipinski definition) is 3. The topological polar surface area (TPSA) is 109 Å². The predicted molar refractivity (Wildman–Crippen MR) is 123 cm³/mol. The fraction of sp³-hybridized carbons (Fsp3) is 0.455. The van der Waals surface area contributed by atoms with Crippen molar-refractivity contribution >= 4 is 40.1 Å². The van der Waals surface area contributed by atoms with E-state index in [0.717, 1.165) is 10.4 Å². The van der Waals surface area contributed by atoms with Gasteiger partial charge in [-0.1, -0.05) is 26.0 Å². The molecule has 3 amide bonds. The van der Waals surface area contributed by atoms with E-state index in [4.69, 9.17) is 4.74 Å². The van der Waals surface area contributed by atoms with Gasteiger partial charge < -0.3 is 20.7 Å². The van der Waals surface area contributed by atoms with Gasteiger partial charge >= 0.3 is 6.09 Å². The van der Waals surface area contributed by atoms with Crippen molar-refractivity contribution < 1.29 is 19.1 Å². The lowest BCUT2D eigenvalue weighted by atomic mass is 10.0. The monoisotopic (exact) mass is 446 g/mol. The molecule has 2 aromatic rings. The third kappa shape index (κ3) is 8.01. The second-order valence-corrected chi connectivity index (χ2v) is 9.52. The zero-order valence-corrected chi connectivity index (χ0v) is 19.6. The van der Waals surface area contributed by atoms with Crippen molar-refractivity contribution in [2.45, 2.75) is 59.0 Å². The van der Waals surface area contributed by atoms with Crippen LogP contribution in [0.2, 0.25) is 0 Å². The van der Waals surface area contributed by atoms with Crippen LogP contribution in [0.5, 0.6) is 0 Å². The standard InChI is InChI=1S/C22H30N4O4S/c1-13(2)17-11-23-20(31-17)26-19(28)14(3)15-7-9-16(10-8-15)25-18(27)12-24-21(29)30-22(4,5)6/h7-11,13-14H,12H2,1-6H3,(H,24,29)(H,25,27)(H,23,26,28)/t14-/m1/s1. The summed E-state index contributed by atoms with van der Waals surface area (Å²) in [7, 11) is 0. The van der Waals surface area contributed by atoms with Crippen LogP contribution in [0.15, 0.2) is 30.5 Å². The van der Waals surface area contributed by atoms with Gasteiger partial charge in [0.25, 0.3) is 0 Å². The van der Waals surface area contributed by atoms with Crippen LogP contribution in [0.25, 0.3) is 0 Å². The molecule has 2 rings (SSSR count). The smallest absolute Gasteiger partial charge is 0.408 e. The molecular weight excluding hydrogens is 416 g/mol. The molecule has 31 heavy (non-hydrogen) atoms. The molecule has 0 fully saturated rings. The predicted octanol–water partition coefficient (Wildman–Crippen LogP) is 4.47. The van der Waals surface area contributed by atoms with Crippen LogP contribution in [0.4, 0.5) is 15.6 Å². The van der Waals surface area contributed by atoms with Crippen molar-refractivity contribution in [2.75, 3.05) is 17.2 Å². The molecule has 1 aromatic heterocycles. The Balaban J connectivity index is 1.86. The van der Waals surface area contributed by atoms with Crippen LogP contribution in [0, 0.1) is 0 Å². The normalized spacial score (nSPS) is 12.2. The first kappa shape index (κ1) is 24.3. The first-order valence-electron chi connectivity index (χ1n) is 10.1. The minimum absolute atomic E-state index is 0.150. The molecule has 1 atom stereocenters. The first-order valence-corrected chi connectivity index (χ1v) is 10.9. The van der Waals surface area contributed by atoms with Gasteiger partial charge in [0.1, 0.15) is 12.1 Å². The fourth-order valence-electron chi connectivity index (χ4n) is 2.50. The molecule has 0 saturated carbocycles. The second kappa shape index (κ2) is 10.4. The van der Waals surface area contributed by atoms with Gasteiger partial charge in [-0.3, -0.25) is 9.59 Å². The van der Waals surface area contributed by atoms with Gasteiger partial charge in [0.2, 0.25) is 11.8 Å². The highest BCUT2D eigenvalue weighted by Gasteiger charge is 2.18. The number of anilines is 2. The summed E-state index contributed by atoms with van der Waals surface area (Å²) in [5.41, 5.74) is 0.743. The largest absolute Gasteiger partial charge is 0.444 e. The number of hydrogen-bond acceptors (Lipinski definition) is 6. The number of carbonyl (C=O) groups is 3. The molecule has 0 saturated heterocycles. The van der Waals surface area contributed by atoms with Crippen LogP contribution in [-0.2, 0) is 14.3 Å². The van der Waals surface area contributed by atoms with Gasteiger partial charge in [-0.15, -0.1) is 11.3 Å². The van der Waals surface area contributed by atoms with E-state index in [1.54, 1.807) is 51.2 Å². The van der Waals surface area contributed by atoms with Crippen LogP contribution in [0.1, 0.15) is 63.8 Å². The average Bonchev–Trinajstić information content (AvgIpc) is 3.14. The molecular formula is C22H30N4O4S. The summed E-state index contributed by atoms with van der Waals surface area (Å²) < 4.78 is 5.09. The lowest BCUT2D eigenvalue weighted by Gasteiger charge is -2.19. The van der Waals surface area contributed by atoms with Crippen molar-refractivity contribution in [2.24, 2.45) is 0 Å². The Hall–Kier alpha value is -2.94. The van der Waals surface area contributed by atoms with Crippen LogP contribution < -0.4 is 16.0 Å². The van der Waals surface area contributed by atoms with Gasteiger partial charge in [-0.05, 0) is 51.3 Å². The third-order valence-electron chi connectivity index (χ3n) is 4.20. The molecule has 168 valence electrons. The second-order valence-electron chi connectivity index (χ2n) is 8.46. The Bertz CT molecular complexity index is 916. The number of nitrogens with one attached hydrogen (secondary N) is 3. The maximum atomic E-state index is 12.5. The lowest BCUT2D eigenvalue weighted by Crippen LogP contribution is -2.37. The molecule has 3 N–H and O–H groups in total. The number of alkyl carbamates (subject to hydrolysis) is 1. The molecule has 0 spiro atoms. The van der Waals surface area contributed by atoms with Crippen LogP contribution in [0.3, 0.4) is 0 Å². The number of aromatic nitrogens is 1. The summed E-state index contributed by atoms with van der Waals surface area (Å²) in [4.78, 5) is 41.5. The van der Waals surface area contributed by atoms with Crippen LogP contribution >= 0.6 is 11.3 Å². The maximum Gasteiger partial charge on any atom is 0.408 e. The minimum Gasteiger partial charge on any atom is -0.444 e. The van der Waals surface area contributed by atoms with Crippen LogP contribution in [-0.4, -0.2) is 35.0 Å². The highest BCUT2D eigenvalue weighted by Crippen LogP contribution is 2.26. The van der Waals surface area contributed by atoms with E-state index in [2.05, 4.69) is 34.8 Å². The van der Waals surface area contributed by atoms with Gasteiger partial charge in [-0.25, -0.2) is 9.78 Å². The Morgan fingerprint density at radius 3 is 2.26 bits per heavy atom. The van der Waals surface area contributed by atoms with E-state index in [1.807, 2.05) is 6.92 Å². The molecule has 0 radical (unpaired) electrons. The molecule has 8 nitrogen and oxygen atoms in total. The molecule has 0 aliphatic heterocycles. The Kier molecular flexibility index (Phi) is 8.15. The van der Waals surface area contributed by atoms with Gasteiger partial charge in [0, 0.05) is 16.8 Å². The number of benzene rings is 1.